The van der Waals surface area contributed by atoms with Crippen LogP contribution in [0.5, 0.6) is 11.5 Å². The Bertz CT molecular complexity index is 898. The van der Waals surface area contributed by atoms with E-state index in [4.69, 9.17) is 9.47 Å². The van der Waals surface area contributed by atoms with Crippen LogP contribution in [0.25, 0.3) is 10.8 Å². The van der Waals surface area contributed by atoms with Gasteiger partial charge in [0.05, 0.1) is 19.1 Å². The van der Waals surface area contributed by atoms with Gasteiger partial charge in [0.1, 0.15) is 17.6 Å². The van der Waals surface area contributed by atoms with Gasteiger partial charge in [0, 0.05) is 5.56 Å². The number of rotatable bonds is 2. The zero-order valence-electron chi connectivity index (χ0n) is 12.8. The van der Waals surface area contributed by atoms with Gasteiger partial charge in [-0.3, -0.25) is 4.79 Å². The maximum atomic E-state index is 12.8. The molecule has 3 aromatic rings. The van der Waals surface area contributed by atoms with Crippen LogP contribution in [-0.2, 0) is 0 Å². The number of Topliss-reactive ketones (excluding diaryl/α,β-unsaturated/α-hetero) is 1. The molecule has 1 aliphatic heterocycles. The van der Waals surface area contributed by atoms with Gasteiger partial charge in [-0.15, -0.1) is 0 Å². The third kappa shape index (κ3) is 2.25. The van der Waals surface area contributed by atoms with Crippen LogP contribution >= 0.6 is 0 Å². The standard InChI is InChI=1S/C20H16O3/c1-22-17-9-5-4-8-15(17)19-12-16(21)20-14-7-3-2-6-13(14)10-11-18(20)23-19/h2-11,19H,12H2,1H3/t19-/m1/s1. The van der Waals surface area contributed by atoms with E-state index >= 15 is 0 Å². The van der Waals surface area contributed by atoms with Gasteiger partial charge in [0.2, 0.25) is 0 Å². The molecule has 114 valence electrons. The number of ether oxygens (including phenoxy) is 2. The third-order valence-electron chi connectivity index (χ3n) is 4.30. The van der Waals surface area contributed by atoms with Gasteiger partial charge in [-0.1, -0.05) is 48.5 Å². The van der Waals surface area contributed by atoms with Crippen LogP contribution in [0.1, 0.15) is 28.4 Å². The first-order valence-corrected chi connectivity index (χ1v) is 7.62. The molecular weight excluding hydrogens is 288 g/mol. The largest absolute Gasteiger partial charge is 0.496 e. The number of hydrogen-bond acceptors (Lipinski definition) is 3. The van der Waals surface area contributed by atoms with Crippen LogP contribution < -0.4 is 9.47 Å². The maximum absolute atomic E-state index is 12.8. The Balaban J connectivity index is 1.81. The Morgan fingerprint density at radius 1 is 1.00 bits per heavy atom. The molecule has 1 aliphatic rings. The van der Waals surface area contributed by atoms with E-state index in [1.807, 2.05) is 60.7 Å². The predicted molar refractivity (Wildman–Crippen MR) is 89.3 cm³/mol. The zero-order valence-corrected chi connectivity index (χ0v) is 12.8. The third-order valence-corrected chi connectivity index (χ3v) is 4.30. The highest BCUT2D eigenvalue weighted by atomic mass is 16.5. The summed E-state index contributed by atoms with van der Waals surface area (Å²) in [6.45, 7) is 0. The number of benzene rings is 3. The van der Waals surface area contributed by atoms with E-state index in [9.17, 15) is 4.79 Å². The van der Waals surface area contributed by atoms with Crippen molar-refractivity contribution in [3.8, 4) is 11.5 Å². The van der Waals surface area contributed by atoms with Crippen molar-refractivity contribution in [1.29, 1.82) is 0 Å². The summed E-state index contributed by atoms with van der Waals surface area (Å²) in [6.07, 6.45) is 0.00814. The van der Waals surface area contributed by atoms with Crippen molar-refractivity contribution in [2.75, 3.05) is 7.11 Å². The molecule has 0 unspecified atom stereocenters. The molecule has 3 nitrogen and oxygen atoms in total. The minimum atomic E-state index is -0.313. The second-order valence-corrected chi connectivity index (χ2v) is 5.64. The van der Waals surface area contributed by atoms with E-state index in [2.05, 4.69) is 0 Å². The Morgan fingerprint density at radius 3 is 2.65 bits per heavy atom. The molecule has 0 N–H and O–H groups in total. The molecule has 0 radical (unpaired) electrons. The number of hydrogen-bond donors (Lipinski definition) is 0. The molecule has 4 rings (SSSR count). The molecule has 3 heteroatoms. The Kier molecular flexibility index (Phi) is 3.27. The van der Waals surface area contributed by atoms with Gasteiger partial charge >= 0.3 is 0 Å². The number of carbonyl (C=O) groups excluding carboxylic acids is 1. The summed E-state index contributed by atoms with van der Waals surface area (Å²) in [5, 5.41) is 2.01. The molecule has 3 aromatic carbocycles. The average molecular weight is 304 g/mol. The molecule has 0 amide bonds. The lowest BCUT2D eigenvalue weighted by Crippen LogP contribution is -2.21. The van der Waals surface area contributed by atoms with E-state index in [-0.39, 0.29) is 11.9 Å². The fraction of sp³-hybridized carbons (Fsp3) is 0.150. The predicted octanol–water partition coefficient (Wildman–Crippen LogP) is 4.55. The van der Waals surface area contributed by atoms with Crippen LogP contribution in [0.3, 0.4) is 0 Å². The van der Waals surface area contributed by atoms with Gasteiger partial charge in [-0.25, -0.2) is 0 Å². The summed E-state index contributed by atoms with van der Waals surface area (Å²) in [6, 6.07) is 19.5. The van der Waals surface area contributed by atoms with Gasteiger partial charge in [-0.05, 0) is 22.9 Å². The van der Waals surface area contributed by atoms with E-state index < -0.39 is 0 Å². The Hall–Kier alpha value is -2.81. The first-order chi connectivity index (χ1) is 11.3. The van der Waals surface area contributed by atoms with E-state index in [0.717, 1.165) is 22.1 Å². The molecule has 0 spiro atoms. The number of fused-ring (bicyclic) bond motifs is 3. The minimum absolute atomic E-state index is 0.110. The van der Waals surface area contributed by atoms with Crippen molar-refractivity contribution in [2.45, 2.75) is 12.5 Å². The molecule has 0 bridgehead atoms. The normalized spacial score (nSPS) is 16.7. The average Bonchev–Trinajstić information content (AvgIpc) is 2.61. The smallest absolute Gasteiger partial charge is 0.171 e. The Morgan fingerprint density at radius 2 is 1.78 bits per heavy atom. The summed E-state index contributed by atoms with van der Waals surface area (Å²) in [4.78, 5) is 12.8. The first kappa shape index (κ1) is 13.8. The van der Waals surface area contributed by atoms with Crippen LogP contribution in [0.15, 0.2) is 60.7 Å². The summed E-state index contributed by atoms with van der Waals surface area (Å²) < 4.78 is 11.5. The molecule has 1 heterocycles. The summed E-state index contributed by atoms with van der Waals surface area (Å²) in [5.41, 5.74) is 1.59. The lowest BCUT2D eigenvalue weighted by atomic mass is 9.92. The Labute approximate surface area is 134 Å². The van der Waals surface area contributed by atoms with Crippen molar-refractivity contribution >= 4 is 16.6 Å². The SMILES string of the molecule is COc1ccccc1[C@H]1CC(=O)c2c(ccc3ccccc23)O1. The van der Waals surface area contributed by atoms with E-state index in [1.165, 1.54) is 0 Å². The van der Waals surface area contributed by atoms with E-state index in [1.54, 1.807) is 7.11 Å². The topological polar surface area (TPSA) is 35.5 Å². The van der Waals surface area contributed by atoms with Gasteiger partial charge in [-0.2, -0.15) is 0 Å². The molecule has 23 heavy (non-hydrogen) atoms. The number of methoxy groups -OCH3 is 1. The highest BCUT2D eigenvalue weighted by molar-refractivity contribution is 6.11. The fourth-order valence-corrected chi connectivity index (χ4v) is 3.21. The summed E-state index contributed by atoms with van der Waals surface area (Å²) in [7, 11) is 1.63. The first-order valence-electron chi connectivity index (χ1n) is 7.62. The van der Waals surface area contributed by atoms with Crippen molar-refractivity contribution in [2.24, 2.45) is 0 Å². The monoisotopic (exact) mass is 304 g/mol. The number of carbonyl (C=O) groups is 1. The van der Waals surface area contributed by atoms with Crippen molar-refractivity contribution in [1.82, 2.24) is 0 Å². The molecule has 0 saturated heterocycles. The van der Waals surface area contributed by atoms with Gasteiger partial charge in [0.25, 0.3) is 0 Å². The van der Waals surface area contributed by atoms with Crippen LogP contribution in [-0.4, -0.2) is 12.9 Å². The highest BCUT2D eigenvalue weighted by Crippen LogP contribution is 2.40. The fourth-order valence-electron chi connectivity index (χ4n) is 3.21. The minimum Gasteiger partial charge on any atom is -0.496 e. The van der Waals surface area contributed by atoms with Gasteiger partial charge < -0.3 is 9.47 Å². The lowest BCUT2D eigenvalue weighted by Gasteiger charge is -2.27. The van der Waals surface area contributed by atoms with Crippen molar-refractivity contribution < 1.29 is 14.3 Å². The molecule has 1 atom stereocenters. The zero-order chi connectivity index (χ0) is 15.8. The molecule has 0 aliphatic carbocycles. The second-order valence-electron chi connectivity index (χ2n) is 5.64. The molecule has 0 aromatic heterocycles. The lowest BCUT2D eigenvalue weighted by molar-refractivity contribution is 0.0850. The van der Waals surface area contributed by atoms with Crippen molar-refractivity contribution in [3.63, 3.8) is 0 Å². The molecule has 0 saturated carbocycles. The quantitative estimate of drug-likeness (QED) is 0.696. The van der Waals surface area contributed by atoms with Crippen molar-refractivity contribution in [3.05, 3.63) is 71.8 Å². The number of ketones is 1. The molecule has 0 fully saturated rings. The second kappa shape index (κ2) is 5.43. The summed E-state index contributed by atoms with van der Waals surface area (Å²) >= 11 is 0. The summed E-state index contributed by atoms with van der Waals surface area (Å²) in [5.74, 6) is 1.50. The van der Waals surface area contributed by atoms with Crippen LogP contribution in [0, 0.1) is 0 Å². The van der Waals surface area contributed by atoms with Crippen LogP contribution in [0.2, 0.25) is 0 Å². The maximum Gasteiger partial charge on any atom is 0.171 e. The van der Waals surface area contributed by atoms with Crippen LogP contribution in [0.4, 0.5) is 0 Å². The molecular formula is C20H16O3. The van der Waals surface area contributed by atoms with Gasteiger partial charge in [0.15, 0.2) is 5.78 Å². The van der Waals surface area contributed by atoms with E-state index in [0.29, 0.717) is 17.7 Å². The number of para-hydroxylation sites is 1. The highest BCUT2D eigenvalue weighted by Gasteiger charge is 2.30.